The second-order valence-electron chi connectivity index (χ2n) is 5.10. The van der Waals surface area contributed by atoms with Crippen molar-refractivity contribution < 1.29 is 17.9 Å². The van der Waals surface area contributed by atoms with Crippen LogP contribution in [0.5, 0.6) is 11.5 Å². The lowest BCUT2D eigenvalue weighted by molar-refractivity contribution is 0.171. The molecule has 0 aliphatic carbocycles. The topological polar surface area (TPSA) is 55.8 Å². The zero-order valence-corrected chi connectivity index (χ0v) is 15.2. The van der Waals surface area contributed by atoms with E-state index >= 15 is 0 Å². The number of nitrogens with zero attached hydrogens (tertiary/aromatic N) is 1. The summed E-state index contributed by atoms with van der Waals surface area (Å²) in [5, 5.41) is 0.738. The summed E-state index contributed by atoms with van der Waals surface area (Å²) in [4.78, 5) is 0.115. The summed E-state index contributed by atoms with van der Waals surface area (Å²) < 4.78 is 38.2. The lowest BCUT2D eigenvalue weighted by atomic mass is 10.3. The fraction of sp³-hybridized carbons (Fsp3) is 0.250. The summed E-state index contributed by atoms with van der Waals surface area (Å²) in [6, 6.07) is 9.24. The predicted octanol–water partition coefficient (Wildman–Crippen LogP) is 3.98. The fourth-order valence-corrected chi connectivity index (χ4v) is 4.47. The number of benzene rings is 2. The maximum absolute atomic E-state index is 13.0. The molecule has 1 heterocycles. The number of sulfonamides is 1. The number of hydrogen-bond donors (Lipinski definition) is 0. The van der Waals surface area contributed by atoms with Crippen molar-refractivity contribution in [2.45, 2.75) is 11.8 Å². The first-order valence-corrected chi connectivity index (χ1v) is 9.50. The van der Waals surface area contributed by atoms with Crippen molar-refractivity contribution in [1.29, 1.82) is 0 Å². The van der Waals surface area contributed by atoms with Crippen molar-refractivity contribution in [2.24, 2.45) is 0 Å². The van der Waals surface area contributed by atoms with Gasteiger partial charge in [-0.1, -0.05) is 23.2 Å². The van der Waals surface area contributed by atoms with E-state index in [1.165, 1.54) is 16.4 Å². The minimum absolute atomic E-state index is 0.115. The van der Waals surface area contributed by atoms with Crippen LogP contribution in [0.15, 0.2) is 41.3 Å². The SMILES string of the molecule is CCN(c1cc(Cl)cc(Cl)c1)S(=O)(=O)c1ccc2c(c1)OCCO2. The second kappa shape index (κ2) is 6.70. The maximum Gasteiger partial charge on any atom is 0.264 e. The molecule has 3 rings (SSSR count). The van der Waals surface area contributed by atoms with Gasteiger partial charge >= 0.3 is 0 Å². The largest absolute Gasteiger partial charge is 0.486 e. The zero-order chi connectivity index (χ0) is 17.3. The molecule has 0 saturated carbocycles. The minimum atomic E-state index is -3.79. The van der Waals surface area contributed by atoms with Gasteiger partial charge in [0.15, 0.2) is 11.5 Å². The third-order valence-corrected chi connectivity index (χ3v) is 5.86. The van der Waals surface area contributed by atoms with Crippen molar-refractivity contribution >= 4 is 38.9 Å². The van der Waals surface area contributed by atoms with Crippen molar-refractivity contribution in [2.75, 3.05) is 24.1 Å². The molecule has 0 spiro atoms. The first-order valence-electron chi connectivity index (χ1n) is 7.30. The average Bonchev–Trinajstić information content (AvgIpc) is 2.54. The molecule has 2 aromatic carbocycles. The Balaban J connectivity index is 2.04. The highest BCUT2D eigenvalue weighted by atomic mass is 35.5. The van der Waals surface area contributed by atoms with Gasteiger partial charge in [0.05, 0.1) is 10.6 Å². The van der Waals surface area contributed by atoms with Crippen LogP contribution < -0.4 is 13.8 Å². The monoisotopic (exact) mass is 387 g/mol. The van der Waals surface area contributed by atoms with Gasteiger partial charge < -0.3 is 9.47 Å². The van der Waals surface area contributed by atoms with E-state index in [0.717, 1.165) is 0 Å². The van der Waals surface area contributed by atoms with E-state index in [2.05, 4.69) is 0 Å². The number of rotatable bonds is 4. The summed E-state index contributed by atoms with van der Waals surface area (Å²) in [6.45, 7) is 2.80. The van der Waals surface area contributed by atoms with E-state index in [4.69, 9.17) is 32.7 Å². The van der Waals surface area contributed by atoms with Crippen molar-refractivity contribution in [1.82, 2.24) is 0 Å². The van der Waals surface area contributed by atoms with E-state index in [-0.39, 0.29) is 11.4 Å². The molecule has 1 aliphatic rings. The highest BCUT2D eigenvalue weighted by molar-refractivity contribution is 7.92. The van der Waals surface area contributed by atoms with Crippen molar-refractivity contribution in [3.05, 3.63) is 46.4 Å². The van der Waals surface area contributed by atoms with Gasteiger partial charge in [-0.05, 0) is 37.3 Å². The van der Waals surface area contributed by atoms with E-state index in [1.807, 2.05) is 0 Å². The van der Waals surface area contributed by atoms with Gasteiger partial charge in [-0.25, -0.2) is 8.42 Å². The van der Waals surface area contributed by atoms with Crippen LogP contribution in [0.1, 0.15) is 6.92 Å². The van der Waals surface area contributed by atoms with Crippen molar-refractivity contribution in [3.8, 4) is 11.5 Å². The van der Waals surface area contributed by atoms with E-state index in [0.29, 0.717) is 40.4 Å². The second-order valence-corrected chi connectivity index (χ2v) is 7.84. The lowest BCUT2D eigenvalue weighted by Gasteiger charge is -2.24. The van der Waals surface area contributed by atoms with Crippen LogP contribution in [0.25, 0.3) is 0 Å². The standard InChI is InChI=1S/C16H15Cl2NO4S/c1-2-19(13-8-11(17)7-12(18)9-13)24(20,21)14-3-4-15-16(10-14)23-6-5-22-15/h3-4,7-10H,2,5-6H2,1H3. The van der Waals surface area contributed by atoms with Crippen LogP contribution >= 0.6 is 23.2 Å². The van der Waals surface area contributed by atoms with Gasteiger partial charge in [0.1, 0.15) is 13.2 Å². The number of ether oxygens (including phenoxy) is 2. The lowest BCUT2D eigenvalue weighted by Crippen LogP contribution is -2.31. The smallest absolute Gasteiger partial charge is 0.264 e. The Labute approximate surface area is 150 Å². The highest BCUT2D eigenvalue weighted by Gasteiger charge is 2.26. The molecule has 0 saturated heterocycles. The Bertz CT molecular complexity index is 850. The normalized spacial score (nSPS) is 13.6. The van der Waals surface area contributed by atoms with Crippen LogP contribution in [0.4, 0.5) is 5.69 Å². The molecule has 1 aliphatic heterocycles. The molecule has 0 amide bonds. The Morgan fingerprint density at radius 2 is 1.62 bits per heavy atom. The van der Waals surface area contributed by atoms with Gasteiger partial charge in [-0.15, -0.1) is 0 Å². The molecule has 5 nitrogen and oxygen atoms in total. The summed E-state index contributed by atoms with van der Waals surface area (Å²) in [7, 11) is -3.79. The first kappa shape index (κ1) is 17.2. The number of hydrogen-bond acceptors (Lipinski definition) is 4. The van der Waals surface area contributed by atoms with Crippen molar-refractivity contribution in [3.63, 3.8) is 0 Å². The fourth-order valence-electron chi connectivity index (χ4n) is 2.49. The molecule has 0 fully saturated rings. The van der Waals surface area contributed by atoms with Crippen LogP contribution in [0, 0.1) is 0 Å². The Hall–Kier alpha value is -1.63. The molecule has 128 valence electrons. The molecule has 0 N–H and O–H groups in total. The van der Waals surface area contributed by atoms with E-state index in [9.17, 15) is 8.42 Å². The molecule has 0 bridgehead atoms. The number of anilines is 1. The Morgan fingerprint density at radius 1 is 1.00 bits per heavy atom. The Kier molecular flexibility index (Phi) is 4.80. The molecule has 2 aromatic rings. The van der Waals surface area contributed by atoms with Crippen LogP contribution in [-0.2, 0) is 10.0 Å². The summed E-state index contributed by atoms with van der Waals surface area (Å²) >= 11 is 12.0. The molecular formula is C16H15Cl2NO4S. The quantitative estimate of drug-likeness (QED) is 0.795. The summed E-state index contributed by atoms with van der Waals surface area (Å²) in [6.07, 6.45) is 0. The van der Waals surface area contributed by atoms with Gasteiger partial charge in [-0.2, -0.15) is 0 Å². The van der Waals surface area contributed by atoms with E-state index in [1.54, 1.807) is 31.2 Å². The third-order valence-electron chi connectivity index (χ3n) is 3.52. The highest BCUT2D eigenvalue weighted by Crippen LogP contribution is 2.35. The molecule has 0 atom stereocenters. The molecule has 8 heteroatoms. The minimum Gasteiger partial charge on any atom is -0.486 e. The maximum atomic E-state index is 13.0. The summed E-state index contributed by atoms with van der Waals surface area (Å²) in [5.74, 6) is 0.955. The molecule has 24 heavy (non-hydrogen) atoms. The molecule has 0 aromatic heterocycles. The van der Waals surface area contributed by atoms with Crippen LogP contribution in [-0.4, -0.2) is 28.2 Å². The summed E-state index contributed by atoms with van der Waals surface area (Å²) in [5.41, 5.74) is 0.407. The molecule has 0 unspecified atom stereocenters. The van der Waals surface area contributed by atoms with Gasteiger partial charge in [0.2, 0.25) is 0 Å². The van der Waals surface area contributed by atoms with Crippen LogP contribution in [0.3, 0.4) is 0 Å². The third kappa shape index (κ3) is 3.27. The first-order chi connectivity index (χ1) is 11.4. The molecular weight excluding hydrogens is 373 g/mol. The zero-order valence-electron chi connectivity index (χ0n) is 12.8. The van der Waals surface area contributed by atoms with Gasteiger partial charge in [-0.3, -0.25) is 4.31 Å². The van der Waals surface area contributed by atoms with Gasteiger partial charge in [0.25, 0.3) is 10.0 Å². The van der Waals surface area contributed by atoms with Gasteiger partial charge in [0, 0.05) is 22.7 Å². The molecule has 0 radical (unpaired) electrons. The Morgan fingerprint density at radius 3 is 2.25 bits per heavy atom. The average molecular weight is 388 g/mol. The number of fused-ring (bicyclic) bond motifs is 1. The van der Waals surface area contributed by atoms with E-state index < -0.39 is 10.0 Å². The predicted molar refractivity (Wildman–Crippen MR) is 94.1 cm³/mol. The number of halogens is 2. The van der Waals surface area contributed by atoms with Crippen LogP contribution in [0.2, 0.25) is 10.0 Å².